The predicted octanol–water partition coefficient (Wildman–Crippen LogP) is 0.532. The Morgan fingerprint density at radius 3 is 2.65 bits per heavy atom. The lowest BCUT2D eigenvalue weighted by Gasteiger charge is -2.21. The van der Waals surface area contributed by atoms with E-state index in [9.17, 15) is 15.0 Å². The number of carbonyl (C=O) groups excluding carboxylic acids is 1. The van der Waals surface area contributed by atoms with Crippen LogP contribution >= 0.6 is 0 Å². The summed E-state index contributed by atoms with van der Waals surface area (Å²) >= 11 is 0. The molecule has 0 radical (unpaired) electrons. The first-order valence-corrected chi connectivity index (χ1v) is 6.85. The molecule has 0 spiro atoms. The minimum atomic E-state index is -0.987. The van der Waals surface area contributed by atoms with E-state index in [-0.39, 0.29) is 18.9 Å². The van der Waals surface area contributed by atoms with Crippen LogP contribution in [0.3, 0.4) is 0 Å². The van der Waals surface area contributed by atoms with Crippen molar-refractivity contribution in [3.8, 4) is 0 Å². The van der Waals surface area contributed by atoms with E-state index in [1.807, 2.05) is 18.2 Å². The number of hydrogen-bond donors (Lipinski definition) is 4. The average molecular weight is 281 g/mol. The van der Waals surface area contributed by atoms with Gasteiger partial charge in [-0.25, -0.2) is 0 Å². The van der Waals surface area contributed by atoms with E-state index in [0.29, 0.717) is 24.9 Å². The van der Waals surface area contributed by atoms with Crippen LogP contribution in [0.15, 0.2) is 24.3 Å². The van der Waals surface area contributed by atoms with E-state index in [1.54, 1.807) is 6.07 Å². The third-order valence-electron chi connectivity index (χ3n) is 3.16. The molecule has 2 atom stereocenters. The van der Waals surface area contributed by atoms with Crippen LogP contribution in [0.25, 0.3) is 0 Å². The molecule has 4 N–H and O–H groups in total. The predicted molar refractivity (Wildman–Crippen MR) is 76.1 cm³/mol. The van der Waals surface area contributed by atoms with Crippen molar-refractivity contribution < 1.29 is 20.1 Å². The Labute approximate surface area is 119 Å². The van der Waals surface area contributed by atoms with Gasteiger partial charge < -0.3 is 20.6 Å². The summed E-state index contributed by atoms with van der Waals surface area (Å²) in [5.74, 6) is -0.157. The smallest absolute Gasteiger partial charge is 0.216 e. The minimum Gasteiger partial charge on any atom is -0.396 e. The third-order valence-corrected chi connectivity index (χ3v) is 3.16. The van der Waals surface area contributed by atoms with Gasteiger partial charge >= 0.3 is 0 Å². The van der Waals surface area contributed by atoms with E-state index in [1.165, 1.54) is 6.92 Å². The number of carbonyl (C=O) groups is 1. The fourth-order valence-electron chi connectivity index (χ4n) is 2.08. The molecule has 0 fully saturated rings. The molecule has 112 valence electrons. The molecule has 0 bridgehead atoms. The van der Waals surface area contributed by atoms with Crippen LogP contribution in [-0.2, 0) is 11.2 Å². The number of aliphatic hydroxyl groups excluding tert-OH is 3. The Balaban J connectivity index is 2.65. The van der Waals surface area contributed by atoms with Crippen molar-refractivity contribution in [2.24, 2.45) is 0 Å². The van der Waals surface area contributed by atoms with Crippen LogP contribution in [0, 0.1) is 0 Å². The maximum absolute atomic E-state index is 10.8. The molecule has 0 saturated heterocycles. The molecule has 1 rings (SSSR count). The highest BCUT2D eigenvalue weighted by molar-refractivity contribution is 5.72. The van der Waals surface area contributed by atoms with Crippen molar-refractivity contribution in [1.82, 2.24) is 5.32 Å². The zero-order valence-electron chi connectivity index (χ0n) is 11.7. The molecule has 1 aromatic rings. The normalized spacial score (nSPS) is 13.8. The van der Waals surface area contributed by atoms with Gasteiger partial charge in [-0.2, -0.15) is 0 Å². The second kappa shape index (κ2) is 8.68. The first-order chi connectivity index (χ1) is 9.56. The number of nitrogens with one attached hydrogen (secondary N) is 1. The number of benzene rings is 1. The molecule has 0 aliphatic heterocycles. The fourth-order valence-corrected chi connectivity index (χ4v) is 2.08. The third kappa shape index (κ3) is 5.28. The van der Waals surface area contributed by atoms with Crippen LogP contribution < -0.4 is 5.32 Å². The monoisotopic (exact) mass is 281 g/mol. The van der Waals surface area contributed by atoms with Gasteiger partial charge in [0.2, 0.25) is 5.91 Å². The van der Waals surface area contributed by atoms with Gasteiger partial charge in [-0.15, -0.1) is 0 Å². The summed E-state index contributed by atoms with van der Waals surface area (Å²) in [5.41, 5.74) is 1.60. The van der Waals surface area contributed by atoms with Gasteiger partial charge in [0.05, 0.1) is 6.10 Å². The zero-order valence-corrected chi connectivity index (χ0v) is 11.7. The van der Waals surface area contributed by atoms with Crippen LogP contribution in [0.4, 0.5) is 0 Å². The van der Waals surface area contributed by atoms with Crippen molar-refractivity contribution in [2.75, 3.05) is 13.2 Å². The van der Waals surface area contributed by atoms with Gasteiger partial charge in [-0.05, 0) is 30.4 Å². The topological polar surface area (TPSA) is 89.8 Å². The Hall–Kier alpha value is -1.43. The standard InChI is InChI=1S/C15H23NO4/c1-11(18)16-9-8-14(19)15(20)13-7-3-2-5-12(13)6-4-10-17/h2-3,5,7,14-15,17,19-20H,4,6,8-10H2,1H3,(H,16,18). The molecule has 0 saturated carbocycles. The summed E-state index contributed by atoms with van der Waals surface area (Å²) in [6.45, 7) is 1.83. The van der Waals surface area contributed by atoms with Crippen molar-refractivity contribution in [2.45, 2.75) is 38.4 Å². The van der Waals surface area contributed by atoms with Gasteiger partial charge in [0.1, 0.15) is 6.10 Å². The van der Waals surface area contributed by atoms with E-state index in [0.717, 1.165) is 5.56 Å². The Morgan fingerprint density at radius 2 is 2.00 bits per heavy atom. The molecule has 1 aromatic carbocycles. The quantitative estimate of drug-likeness (QED) is 0.559. The molecular weight excluding hydrogens is 258 g/mol. The zero-order chi connectivity index (χ0) is 15.0. The lowest BCUT2D eigenvalue weighted by molar-refractivity contribution is -0.119. The lowest BCUT2D eigenvalue weighted by atomic mass is 9.95. The van der Waals surface area contributed by atoms with Crippen molar-refractivity contribution in [1.29, 1.82) is 0 Å². The van der Waals surface area contributed by atoms with E-state index in [4.69, 9.17) is 5.11 Å². The molecular formula is C15H23NO4. The van der Waals surface area contributed by atoms with Crippen LogP contribution in [0.2, 0.25) is 0 Å². The van der Waals surface area contributed by atoms with Crippen molar-refractivity contribution in [3.05, 3.63) is 35.4 Å². The van der Waals surface area contributed by atoms with Crippen molar-refractivity contribution >= 4 is 5.91 Å². The highest BCUT2D eigenvalue weighted by atomic mass is 16.3. The second-order valence-corrected chi connectivity index (χ2v) is 4.81. The molecule has 20 heavy (non-hydrogen) atoms. The molecule has 1 amide bonds. The van der Waals surface area contributed by atoms with Gasteiger partial charge in [0.25, 0.3) is 0 Å². The highest BCUT2D eigenvalue weighted by Gasteiger charge is 2.20. The molecule has 5 heteroatoms. The summed E-state index contributed by atoms with van der Waals surface area (Å²) in [5, 5.41) is 31.7. The highest BCUT2D eigenvalue weighted by Crippen LogP contribution is 2.23. The summed E-state index contributed by atoms with van der Waals surface area (Å²) < 4.78 is 0. The first kappa shape index (κ1) is 16.6. The van der Waals surface area contributed by atoms with Crippen molar-refractivity contribution in [3.63, 3.8) is 0 Å². The number of rotatable bonds is 8. The molecule has 0 aromatic heterocycles. The van der Waals surface area contributed by atoms with Crippen LogP contribution in [-0.4, -0.2) is 40.5 Å². The van der Waals surface area contributed by atoms with E-state index < -0.39 is 12.2 Å². The van der Waals surface area contributed by atoms with Gasteiger partial charge in [-0.3, -0.25) is 4.79 Å². The minimum absolute atomic E-state index is 0.0928. The summed E-state index contributed by atoms with van der Waals surface area (Å²) in [6, 6.07) is 7.34. The largest absolute Gasteiger partial charge is 0.396 e. The van der Waals surface area contributed by atoms with Gasteiger partial charge in [0, 0.05) is 20.1 Å². The molecule has 0 aliphatic carbocycles. The number of hydrogen-bond acceptors (Lipinski definition) is 4. The Kier molecular flexibility index (Phi) is 7.22. The molecule has 0 aliphatic rings. The summed E-state index contributed by atoms with van der Waals surface area (Å²) in [6.07, 6.45) is -0.362. The molecule has 5 nitrogen and oxygen atoms in total. The van der Waals surface area contributed by atoms with Crippen LogP contribution in [0.1, 0.15) is 37.0 Å². The maximum atomic E-state index is 10.8. The summed E-state index contributed by atoms with van der Waals surface area (Å²) in [7, 11) is 0. The Morgan fingerprint density at radius 1 is 1.30 bits per heavy atom. The number of amides is 1. The average Bonchev–Trinajstić information content (AvgIpc) is 2.44. The SMILES string of the molecule is CC(=O)NCCC(O)C(O)c1ccccc1CCCO. The molecule has 2 unspecified atom stereocenters. The fraction of sp³-hybridized carbons (Fsp3) is 0.533. The summed E-state index contributed by atoms with van der Waals surface area (Å²) in [4.78, 5) is 10.8. The first-order valence-electron chi connectivity index (χ1n) is 6.85. The number of aryl methyl sites for hydroxylation is 1. The maximum Gasteiger partial charge on any atom is 0.216 e. The van der Waals surface area contributed by atoms with Gasteiger partial charge in [0.15, 0.2) is 0 Å². The second-order valence-electron chi connectivity index (χ2n) is 4.81. The van der Waals surface area contributed by atoms with E-state index >= 15 is 0 Å². The molecule has 0 heterocycles. The van der Waals surface area contributed by atoms with E-state index in [2.05, 4.69) is 5.32 Å². The van der Waals surface area contributed by atoms with Gasteiger partial charge in [-0.1, -0.05) is 24.3 Å². The number of aliphatic hydroxyl groups is 3. The Bertz CT molecular complexity index is 422. The lowest BCUT2D eigenvalue weighted by Crippen LogP contribution is -2.28. The van der Waals surface area contributed by atoms with Crippen LogP contribution in [0.5, 0.6) is 0 Å².